The number of aromatic amines is 1. The van der Waals surface area contributed by atoms with Crippen LogP contribution in [0.5, 0.6) is 0 Å². The van der Waals surface area contributed by atoms with Crippen LogP contribution < -0.4 is 0 Å². The third-order valence-electron chi connectivity index (χ3n) is 2.46. The summed E-state index contributed by atoms with van der Waals surface area (Å²) < 4.78 is 9.81. The van der Waals surface area contributed by atoms with E-state index in [2.05, 4.69) is 4.98 Å². The predicted molar refractivity (Wildman–Crippen MR) is 66.7 cm³/mol. The van der Waals surface area contributed by atoms with E-state index in [0.717, 1.165) is 0 Å². The first-order valence-corrected chi connectivity index (χ1v) is 5.82. The van der Waals surface area contributed by atoms with Gasteiger partial charge < -0.3 is 14.5 Å². The summed E-state index contributed by atoms with van der Waals surface area (Å²) in [7, 11) is 0. The number of carbonyl (C=O) groups is 2. The van der Waals surface area contributed by atoms with E-state index in [1.807, 2.05) is 0 Å². The van der Waals surface area contributed by atoms with E-state index in [-0.39, 0.29) is 18.4 Å². The maximum atomic E-state index is 11.9. The largest absolute Gasteiger partial charge is 0.459 e. The Morgan fingerprint density at radius 3 is 2.47 bits per heavy atom. The summed E-state index contributed by atoms with van der Waals surface area (Å²) in [6.45, 7) is 6.46. The molecule has 0 atom stereocenters. The van der Waals surface area contributed by atoms with Gasteiger partial charge in [0.05, 0.1) is 11.7 Å². The highest BCUT2D eigenvalue weighted by molar-refractivity contribution is 5.98. The molecular weight excluding hydrogens is 248 g/mol. The summed E-state index contributed by atoms with van der Waals surface area (Å²) in [5.74, 6) is -1.15. The minimum absolute atomic E-state index is 0.170. The summed E-state index contributed by atoms with van der Waals surface area (Å²) >= 11 is 0. The molecule has 19 heavy (non-hydrogen) atoms. The van der Waals surface area contributed by atoms with E-state index in [1.165, 1.54) is 0 Å². The Hall–Kier alpha value is -2.29. The van der Waals surface area contributed by atoms with Crippen LogP contribution in [0.1, 0.15) is 46.0 Å². The molecule has 0 fully saturated rings. The molecule has 0 unspecified atom stereocenters. The van der Waals surface area contributed by atoms with Crippen LogP contribution in [0.15, 0.2) is 0 Å². The maximum Gasteiger partial charge on any atom is 0.356 e. The molecule has 0 bridgehead atoms. The molecule has 1 aromatic rings. The van der Waals surface area contributed by atoms with Crippen molar-refractivity contribution in [1.82, 2.24) is 4.98 Å². The molecule has 0 aliphatic heterocycles. The smallest absolute Gasteiger partial charge is 0.356 e. The molecule has 6 nitrogen and oxygen atoms in total. The van der Waals surface area contributed by atoms with E-state index in [0.29, 0.717) is 16.8 Å². The zero-order chi connectivity index (χ0) is 14.6. The number of H-pyrrole nitrogens is 1. The monoisotopic (exact) mass is 264 g/mol. The highest BCUT2D eigenvalue weighted by Crippen LogP contribution is 2.20. The fourth-order valence-electron chi connectivity index (χ4n) is 1.70. The molecule has 1 rings (SSSR count). The number of ether oxygens (including phenoxy) is 2. The molecule has 0 amide bonds. The van der Waals surface area contributed by atoms with Gasteiger partial charge in [0.1, 0.15) is 11.8 Å². The van der Waals surface area contributed by atoms with Crippen molar-refractivity contribution in [3.63, 3.8) is 0 Å². The lowest BCUT2D eigenvalue weighted by Gasteiger charge is -2.08. The van der Waals surface area contributed by atoms with Crippen molar-refractivity contribution in [3.8, 4) is 6.07 Å². The summed E-state index contributed by atoms with van der Waals surface area (Å²) in [6, 6.07) is 1.71. The van der Waals surface area contributed by atoms with Crippen molar-refractivity contribution in [2.24, 2.45) is 0 Å². The zero-order valence-electron chi connectivity index (χ0n) is 11.4. The third-order valence-corrected chi connectivity index (χ3v) is 2.46. The average Bonchev–Trinajstić information content (AvgIpc) is 2.61. The number of hydrogen-bond acceptors (Lipinski definition) is 5. The standard InChI is InChI=1S/C13H16N2O4/c1-7(2)19-12(16)10-8(3)11(15-9(10)4)13(17)18-6-5-14/h7,15H,6H2,1-4H3. The number of aryl methyl sites for hydroxylation is 1. The number of nitrogens with zero attached hydrogens (tertiary/aromatic N) is 1. The van der Waals surface area contributed by atoms with Gasteiger partial charge in [-0.1, -0.05) is 0 Å². The van der Waals surface area contributed by atoms with Gasteiger partial charge in [-0.05, 0) is 33.3 Å². The van der Waals surface area contributed by atoms with Crippen LogP contribution in [0.4, 0.5) is 0 Å². The second-order valence-corrected chi connectivity index (χ2v) is 4.31. The van der Waals surface area contributed by atoms with Crippen LogP contribution in [0, 0.1) is 25.2 Å². The van der Waals surface area contributed by atoms with Gasteiger partial charge in [-0.25, -0.2) is 9.59 Å². The molecular formula is C13H16N2O4. The molecule has 0 radical (unpaired) electrons. The Morgan fingerprint density at radius 2 is 1.95 bits per heavy atom. The number of nitrogens with one attached hydrogen (secondary N) is 1. The lowest BCUT2D eigenvalue weighted by atomic mass is 10.1. The Balaban J connectivity index is 3.04. The van der Waals surface area contributed by atoms with Crippen LogP contribution in [0.2, 0.25) is 0 Å². The molecule has 1 aromatic heterocycles. The van der Waals surface area contributed by atoms with Gasteiger partial charge in [0.25, 0.3) is 0 Å². The van der Waals surface area contributed by atoms with Crippen molar-refractivity contribution in [3.05, 3.63) is 22.5 Å². The molecule has 102 valence electrons. The number of esters is 2. The molecule has 1 N–H and O–H groups in total. The van der Waals surface area contributed by atoms with Gasteiger partial charge in [0.2, 0.25) is 0 Å². The van der Waals surface area contributed by atoms with Gasteiger partial charge in [-0.3, -0.25) is 0 Å². The highest BCUT2D eigenvalue weighted by atomic mass is 16.5. The van der Waals surface area contributed by atoms with Crippen molar-refractivity contribution in [1.29, 1.82) is 5.26 Å². The van der Waals surface area contributed by atoms with Crippen LogP contribution in [0.3, 0.4) is 0 Å². The SMILES string of the molecule is Cc1[nH]c(C(=O)OCC#N)c(C)c1C(=O)OC(C)C. The number of rotatable bonds is 4. The Morgan fingerprint density at radius 1 is 1.32 bits per heavy atom. The first kappa shape index (κ1) is 14.8. The van der Waals surface area contributed by atoms with Crippen LogP contribution in [0.25, 0.3) is 0 Å². The van der Waals surface area contributed by atoms with Gasteiger partial charge in [0, 0.05) is 5.69 Å². The first-order valence-electron chi connectivity index (χ1n) is 5.82. The normalized spacial score (nSPS) is 10.1. The lowest BCUT2D eigenvalue weighted by Crippen LogP contribution is -2.13. The zero-order valence-corrected chi connectivity index (χ0v) is 11.4. The van der Waals surface area contributed by atoms with Gasteiger partial charge in [-0.2, -0.15) is 5.26 Å². The first-order chi connectivity index (χ1) is 8.88. The van der Waals surface area contributed by atoms with E-state index in [4.69, 9.17) is 14.7 Å². The molecule has 0 saturated carbocycles. The molecule has 1 heterocycles. The number of carbonyl (C=O) groups excluding carboxylic acids is 2. The summed E-state index contributed by atoms with van der Waals surface area (Å²) in [6.07, 6.45) is -0.241. The van der Waals surface area contributed by atoms with E-state index < -0.39 is 11.9 Å². The molecule has 0 saturated heterocycles. The van der Waals surface area contributed by atoms with E-state index in [9.17, 15) is 9.59 Å². The third kappa shape index (κ3) is 3.35. The molecule has 6 heteroatoms. The number of aromatic nitrogens is 1. The van der Waals surface area contributed by atoms with Gasteiger partial charge >= 0.3 is 11.9 Å². The minimum atomic E-state index is -0.661. The maximum absolute atomic E-state index is 11.9. The van der Waals surface area contributed by atoms with Crippen LogP contribution >= 0.6 is 0 Å². The van der Waals surface area contributed by atoms with Gasteiger partial charge in [0.15, 0.2) is 6.61 Å². The second kappa shape index (κ2) is 6.05. The summed E-state index contributed by atoms with van der Waals surface area (Å²) in [4.78, 5) is 26.4. The van der Waals surface area contributed by atoms with Crippen LogP contribution in [-0.4, -0.2) is 29.6 Å². The molecule has 0 spiro atoms. The summed E-state index contributed by atoms with van der Waals surface area (Å²) in [5.41, 5.74) is 1.50. The van der Waals surface area contributed by atoms with Crippen LogP contribution in [-0.2, 0) is 9.47 Å². The fraction of sp³-hybridized carbons (Fsp3) is 0.462. The van der Waals surface area contributed by atoms with E-state index in [1.54, 1.807) is 33.8 Å². The Bertz CT molecular complexity index is 538. The minimum Gasteiger partial charge on any atom is -0.459 e. The van der Waals surface area contributed by atoms with Crippen molar-refractivity contribution in [2.45, 2.75) is 33.8 Å². The second-order valence-electron chi connectivity index (χ2n) is 4.31. The number of hydrogen-bond donors (Lipinski definition) is 1. The van der Waals surface area contributed by atoms with Crippen molar-refractivity contribution >= 4 is 11.9 Å². The van der Waals surface area contributed by atoms with Crippen molar-refractivity contribution < 1.29 is 19.1 Å². The van der Waals surface area contributed by atoms with E-state index >= 15 is 0 Å². The topological polar surface area (TPSA) is 92.2 Å². The van der Waals surface area contributed by atoms with Crippen molar-refractivity contribution in [2.75, 3.05) is 6.61 Å². The molecule has 0 aromatic carbocycles. The Labute approximate surface area is 111 Å². The average molecular weight is 264 g/mol. The summed E-state index contributed by atoms with van der Waals surface area (Å²) in [5, 5.41) is 8.37. The number of nitriles is 1. The molecule has 0 aliphatic rings. The molecule has 0 aliphatic carbocycles. The quantitative estimate of drug-likeness (QED) is 0.838. The highest BCUT2D eigenvalue weighted by Gasteiger charge is 2.24. The van der Waals surface area contributed by atoms with Gasteiger partial charge in [-0.15, -0.1) is 0 Å². The predicted octanol–water partition coefficient (Wildman–Crippen LogP) is 1.88. The lowest BCUT2D eigenvalue weighted by molar-refractivity contribution is 0.0376. The Kier molecular flexibility index (Phi) is 4.70. The fourth-order valence-corrected chi connectivity index (χ4v) is 1.70.